The molecule has 0 aliphatic heterocycles. The number of rotatable bonds is 10. The smallest absolute Gasteiger partial charge is 0.421 e. The number of ether oxygens (including phenoxy) is 1. The van der Waals surface area contributed by atoms with Gasteiger partial charge < -0.3 is 15.2 Å². The lowest BCUT2D eigenvalue weighted by Gasteiger charge is -2.41. The van der Waals surface area contributed by atoms with Gasteiger partial charge in [0, 0.05) is 31.6 Å². The summed E-state index contributed by atoms with van der Waals surface area (Å²) in [6.07, 6.45) is 1.66. The van der Waals surface area contributed by atoms with Gasteiger partial charge in [-0.05, 0) is 60.1 Å². The molecule has 0 heterocycles. The van der Waals surface area contributed by atoms with Crippen LogP contribution in [0.2, 0.25) is 0 Å². The summed E-state index contributed by atoms with van der Waals surface area (Å²) in [6, 6.07) is 26.8. The first-order chi connectivity index (χ1) is 18.2. The second kappa shape index (κ2) is 12.0. The Labute approximate surface area is 224 Å². The summed E-state index contributed by atoms with van der Waals surface area (Å²) < 4.78 is 33.3. The highest BCUT2D eigenvalue weighted by Crippen LogP contribution is 2.40. The number of hydrogen-bond acceptors (Lipinski definition) is 5. The third kappa shape index (κ3) is 6.53. The number of hydrogen-bond donors (Lipinski definition) is 3. The first-order valence-electron chi connectivity index (χ1n) is 12.7. The predicted octanol–water partition coefficient (Wildman–Crippen LogP) is 4.78. The van der Waals surface area contributed by atoms with Gasteiger partial charge in [-0.2, -0.15) is 17.4 Å². The summed E-state index contributed by atoms with van der Waals surface area (Å²) >= 11 is 0. The number of nitrogens with zero attached hydrogens (tertiary/aromatic N) is 1. The maximum absolute atomic E-state index is 12.5. The maximum Gasteiger partial charge on any atom is 0.421 e. The van der Waals surface area contributed by atoms with Gasteiger partial charge in [-0.3, -0.25) is 0 Å². The fourth-order valence-corrected chi connectivity index (χ4v) is 5.89. The molecule has 38 heavy (non-hydrogen) atoms. The molecule has 1 aliphatic rings. The molecule has 9 heteroatoms. The third-order valence-electron chi connectivity index (χ3n) is 7.50. The van der Waals surface area contributed by atoms with Crippen LogP contribution in [0.5, 0.6) is 5.75 Å². The van der Waals surface area contributed by atoms with Crippen molar-refractivity contribution in [1.82, 2.24) is 14.3 Å². The number of amides is 1. The van der Waals surface area contributed by atoms with Gasteiger partial charge >= 0.3 is 16.3 Å². The Hall–Kier alpha value is -3.40. The lowest BCUT2D eigenvalue weighted by Crippen LogP contribution is -2.49. The molecule has 0 saturated heterocycles. The van der Waals surface area contributed by atoms with Gasteiger partial charge in [0.1, 0.15) is 5.75 Å². The van der Waals surface area contributed by atoms with Crippen LogP contribution in [0.15, 0.2) is 78.9 Å². The second-order valence-electron chi connectivity index (χ2n) is 9.81. The van der Waals surface area contributed by atoms with Crippen molar-refractivity contribution < 1.29 is 23.1 Å². The van der Waals surface area contributed by atoms with Crippen molar-refractivity contribution in [3.8, 4) is 16.9 Å². The van der Waals surface area contributed by atoms with Crippen LogP contribution in [0.3, 0.4) is 0 Å². The molecule has 0 unspecified atom stereocenters. The Kier molecular flexibility index (Phi) is 8.71. The monoisotopic (exact) mass is 537 g/mol. The standard InChI is InChI=1S/C29H35N3O5S/c1-32(28(33)34)38(35,36)31-21-29(25-9-6-10-27(19-25)37-2)17-15-26(16-18-29)30-20-22-11-13-24(14-12-22)23-7-4-3-5-8-23/h3-14,19,26,30-31H,15-18,20-21H2,1-2H3,(H,33,34)/t26-,29-. The SMILES string of the molecule is COc1cccc([C@]2(CNS(=O)(=O)N(C)C(=O)O)CC[C@@H](NCc3ccc(-c4ccccc4)cc3)CC2)c1. The fourth-order valence-electron chi connectivity index (χ4n) is 5.03. The van der Waals surface area contributed by atoms with E-state index in [1.165, 1.54) is 16.7 Å². The van der Waals surface area contributed by atoms with E-state index in [0.29, 0.717) is 16.1 Å². The van der Waals surface area contributed by atoms with Crippen molar-refractivity contribution in [2.24, 2.45) is 0 Å². The van der Waals surface area contributed by atoms with E-state index < -0.39 is 21.7 Å². The lowest BCUT2D eigenvalue weighted by molar-refractivity contribution is 0.177. The number of nitrogens with one attached hydrogen (secondary N) is 2. The van der Waals surface area contributed by atoms with Crippen molar-refractivity contribution in [2.75, 3.05) is 20.7 Å². The molecule has 1 amide bonds. The maximum atomic E-state index is 12.5. The van der Waals surface area contributed by atoms with Gasteiger partial charge in [-0.15, -0.1) is 0 Å². The quantitative estimate of drug-likeness (QED) is 0.344. The molecule has 0 atom stereocenters. The highest BCUT2D eigenvalue weighted by atomic mass is 32.2. The molecule has 0 spiro atoms. The van der Waals surface area contributed by atoms with Crippen molar-refractivity contribution in [2.45, 2.75) is 43.7 Å². The summed E-state index contributed by atoms with van der Waals surface area (Å²) in [6.45, 7) is 0.857. The molecule has 3 aromatic rings. The van der Waals surface area contributed by atoms with Gasteiger partial charge in [0.25, 0.3) is 0 Å². The molecule has 0 radical (unpaired) electrons. The molecule has 3 N–H and O–H groups in total. The number of benzene rings is 3. The largest absolute Gasteiger partial charge is 0.497 e. The van der Waals surface area contributed by atoms with Crippen molar-refractivity contribution in [1.29, 1.82) is 0 Å². The normalized spacial score (nSPS) is 19.6. The molecule has 3 aromatic carbocycles. The summed E-state index contributed by atoms with van der Waals surface area (Å²) in [4.78, 5) is 11.2. The molecule has 1 saturated carbocycles. The molecule has 4 rings (SSSR count). The minimum Gasteiger partial charge on any atom is -0.497 e. The number of carboxylic acid groups (broad SMARTS) is 1. The molecule has 202 valence electrons. The van der Waals surface area contributed by atoms with E-state index >= 15 is 0 Å². The van der Waals surface area contributed by atoms with E-state index in [9.17, 15) is 13.2 Å². The molecular formula is C29H35N3O5S. The van der Waals surface area contributed by atoms with Crippen LogP contribution in [0.4, 0.5) is 4.79 Å². The highest BCUT2D eigenvalue weighted by Gasteiger charge is 2.39. The van der Waals surface area contributed by atoms with Crippen LogP contribution in [0.1, 0.15) is 36.8 Å². The topological polar surface area (TPSA) is 108 Å². The zero-order chi connectivity index (χ0) is 27.2. The first kappa shape index (κ1) is 27.6. The Bertz CT molecular complexity index is 1320. The molecule has 0 aromatic heterocycles. The molecule has 0 bridgehead atoms. The van der Waals surface area contributed by atoms with Gasteiger partial charge in [0.15, 0.2) is 0 Å². The van der Waals surface area contributed by atoms with Gasteiger partial charge in [-0.25, -0.2) is 4.79 Å². The molecule has 1 aliphatic carbocycles. The van der Waals surface area contributed by atoms with Crippen LogP contribution in [-0.4, -0.2) is 50.7 Å². The average Bonchev–Trinajstić information content (AvgIpc) is 2.96. The van der Waals surface area contributed by atoms with E-state index in [1.54, 1.807) is 7.11 Å². The van der Waals surface area contributed by atoms with E-state index in [4.69, 9.17) is 9.84 Å². The van der Waals surface area contributed by atoms with Gasteiger partial charge in [0.05, 0.1) is 7.11 Å². The Balaban J connectivity index is 1.42. The van der Waals surface area contributed by atoms with E-state index in [1.807, 2.05) is 42.5 Å². The zero-order valence-corrected chi connectivity index (χ0v) is 22.6. The minimum absolute atomic E-state index is 0.105. The van der Waals surface area contributed by atoms with Crippen molar-refractivity contribution >= 4 is 16.3 Å². The van der Waals surface area contributed by atoms with Crippen LogP contribution in [0.25, 0.3) is 11.1 Å². The molecular weight excluding hydrogens is 502 g/mol. The highest BCUT2D eigenvalue weighted by molar-refractivity contribution is 7.87. The second-order valence-corrected chi connectivity index (χ2v) is 11.6. The Morgan fingerprint density at radius 2 is 1.66 bits per heavy atom. The minimum atomic E-state index is -4.17. The Morgan fingerprint density at radius 1 is 1.00 bits per heavy atom. The lowest BCUT2D eigenvalue weighted by atomic mass is 9.68. The number of methoxy groups -OCH3 is 1. The molecule has 8 nitrogen and oxygen atoms in total. The van der Waals surface area contributed by atoms with Gasteiger partial charge in [0.2, 0.25) is 0 Å². The summed E-state index contributed by atoms with van der Waals surface area (Å²) in [5, 5.41) is 12.8. The van der Waals surface area contributed by atoms with E-state index in [0.717, 1.165) is 44.8 Å². The summed E-state index contributed by atoms with van der Waals surface area (Å²) in [5.74, 6) is 0.701. The summed E-state index contributed by atoms with van der Waals surface area (Å²) in [5.41, 5.74) is 4.09. The fraction of sp³-hybridized carbons (Fsp3) is 0.345. The van der Waals surface area contributed by atoms with E-state index in [2.05, 4.69) is 46.4 Å². The number of carbonyl (C=O) groups is 1. The van der Waals surface area contributed by atoms with E-state index in [-0.39, 0.29) is 6.54 Å². The average molecular weight is 538 g/mol. The first-order valence-corrected chi connectivity index (χ1v) is 14.2. The predicted molar refractivity (Wildman–Crippen MR) is 148 cm³/mol. The van der Waals surface area contributed by atoms with Crippen LogP contribution in [0, 0.1) is 0 Å². The van der Waals surface area contributed by atoms with Crippen LogP contribution >= 0.6 is 0 Å². The van der Waals surface area contributed by atoms with Gasteiger partial charge in [-0.1, -0.05) is 66.7 Å². The molecule has 1 fully saturated rings. The van der Waals surface area contributed by atoms with Crippen molar-refractivity contribution in [3.63, 3.8) is 0 Å². The summed E-state index contributed by atoms with van der Waals surface area (Å²) in [7, 11) is -1.54. The van der Waals surface area contributed by atoms with Crippen molar-refractivity contribution in [3.05, 3.63) is 90.0 Å². The Morgan fingerprint density at radius 3 is 2.29 bits per heavy atom. The van der Waals surface area contributed by atoms with Crippen LogP contribution < -0.4 is 14.8 Å². The zero-order valence-electron chi connectivity index (χ0n) is 21.8. The third-order valence-corrected chi connectivity index (χ3v) is 8.89. The van der Waals surface area contributed by atoms with Crippen LogP contribution in [-0.2, 0) is 22.2 Å².